The van der Waals surface area contributed by atoms with Crippen LogP contribution in [-0.4, -0.2) is 36.9 Å². The van der Waals surface area contributed by atoms with Crippen molar-refractivity contribution < 1.29 is 22.8 Å². The van der Waals surface area contributed by atoms with Gasteiger partial charge in [0.15, 0.2) is 11.6 Å². The summed E-state index contributed by atoms with van der Waals surface area (Å²) in [4.78, 5) is 26.1. The van der Waals surface area contributed by atoms with Crippen LogP contribution in [0.25, 0.3) is 0 Å². The molecule has 2 atom stereocenters. The van der Waals surface area contributed by atoms with Crippen molar-refractivity contribution >= 4 is 17.5 Å². The maximum absolute atomic E-state index is 14.1. The third-order valence-corrected chi connectivity index (χ3v) is 5.09. The predicted molar refractivity (Wildman–Crippen MR) is 107 cm³/mol. The predicted octanol–water partition coefficient (Wildman–Crippen LogP) is 3.58. The summed E-state index contributed by atoms with van der Waals surface area (Å²) in [6.45, 7) is 0. The zero-order valence-corrected chi connectivity index (χ0v) is 16.6. The molecule has 2 amide bonds. The molecule has 0 aromatic heterocycles. The summed E-state index contributed by atoms with van der Waals surface area (Å²) >= 11 is 0. The molecule has 0 fully saturated rings. The Morgan fingerprint density at radius 3 is 2.43 bits per heavy atom. The fraction of sp³-hybridized carbons (Fsp3) is 0.273. The van der Waals surface area contributed by atoms with Gasteiger partial charge in [0.1, 0.15) is 5.82 Å². The van der Waals surface area contributed by atoms with Crippen molar-refractivity contribution in [1.29, 1.82) is 0 Å². The van der Waals surface area contributed by atoms with Crippen molar-refractivity contribution in [1.82, 2.24) is 4.90 Å². The molecule has 5 nitrogen and oxygen atoms in total. The summed E-state index contributed by atoms with van der Waals surface area (Å²) in [6.07, 6.45) is 1.98. The van der Waals surface area contributed by atoms with E-state index in [1.807, 2.05) is 0 Å². The molecule has 8 heteroatoms. The van der Waals surface area contributed by atoms with Gasteiger partial charge in [0, 0.05) is 48.9 Å². The number of benzene rings is 2. The molecule has 3 N–H and O–H groups in total. The minimum absolute atomic E-state index is 0.00740. The first-order chi connectivity index (χ1) is 14.2. The van der Waals surface area contributed by atoms with E-state index in [9.17, 15) is 22.8 Å². The van der Waals surface area contributed by atoms with Crippen molar-refractivity contribution in [3.8, 4) is 0 Å². The summed E-state index contributed by atoms with van der Waals surface area (Å²) in [5, 5.41) is 2.73. The maximum Gasteiger partial charge on any atom is 0.253 e. The zero-order chi connectivity index (χ0) is 22.0. The van der Waals surface area contributed by atoms with Gasteiger partial charge in [0.2, 0.25) is 0 Å². The Labute approximate surface area is 172 Å². The number of carbonyl (C=O) groups is 2. The number of amides is 2. The van der Waals surface area contributed by atoms with Gasteiger partial charge in [0.05, 0.1) is 0 Å². The number of allylic oxidation sites excluding steroid dienone is 1. The van der Waals surface area contributed by atoms with Gasteiger partial charge in [-0.3, -0.25) is 9.59 Å². The lowest BCUT2D eigenvalue weighted by Gasteiger charge is -2.29. The molecule has 158 valence electrons. The first-order valence-electron chi connectivity index (χ1n) is 9.39. The van der Waals surface area contributed by atoms with E-state index in [2.05, 4.69) is 5.32 Å². The van der Waals surface area contributed by atoms with Gasteiger partial charge >= 0.3 is 0 Å². The Bertz CT molecular complexity index is 1020. The van der Waals surface area contributed by atoms with Crippen molar-refractivity contribution in [3.63, 3.8) is 0 Å². The Balaban J connectivity index is 1.74. The molecule has 0 spiro atoms. The third-order valence-electron chi connectivity index (χ3n) is 5.09. The van der Waals surface area contributed by atoms with Crippen LogP contribution in [0.15, 0.2) is 48.0 Å². The van der Waals surface area contributed by atoms with Gasteiger partial charge in [0.25, 0.3) is 11.8 Å². The third kappa shape index (κ3) is 4.54. The highest BCUT2D eigenvalue weighted by atomic mass is 19.2. The molecular formula is C22H22F3N3O2. The van der Waals surface area contributed by atoms with Crippen LogP contribution in [0, 0.1) is 17.5 Å². The van der Waals surface area contributed by atoms with E-state index >= 15 is 0 Å². The van der Waals surface area contributed by atoms with E-state index < -0.39 is 29.4 Å². The molecule has 0 saturated heterocycles. The molecule has 0 heterocycles. The molecule has 1 aliphatic carbocycles. The molecule has 2 aromatic rings. The summed E-state index contributed by atoms with van der Waals surface area (Å²) in [5.41, 5.74) is 7.42. The van der Waals surface area contributed by atoms with Crippen molar-refractivity contribution in [3.05, 3.63) is 76.6 Å². The number of nitrogens with one attached hydrogen (secondary N) is 1. The van der Waals surface area contributed by atoms with Crippen LogP contribution < -0.4 is 11.1 Å². The number of carbonyl (C=O) groups excluding carboxylic acids is 2. The van der Waals surface area contributed by atoms with Crippen LogP contribution in [0.1, 0.15) is 34.7 Å². The molecule has 2 aromatic carbocycles. The smallest absolute Gasteiger partial charge is 0.253 e. The van der Waals surface area contributed by atoms with Crippen molar-refractivity contribution in [2.75, 3.05) is 19.4 Å². The Morgan fingerprint density at radius 2 is 1.77 bits per heavy atom. The van der Waals surface area contributed by atoms with Crippen LogP contribution in [0.2, 0.25) is 0 Å². The highest BCUT2D eigenvalue weighted by Crippen LogP contribution is 2.34. The first kappa shape index (κ1) is 21.6. The summed E-state index contributed by atoms with van der Waals surface area (Å²) < 4.78 is 40.8. The minimum atomic E-state index is -1.26. The van der Waals surface area contributed by atoms with Gasteiger partial charge in [-0.15, -0.1) is 0 Å². The summed E-state index contributed by atoms with van der Waals surface area (Å²) in [5.74, 6) is -4.41. The van der Waals surface area contributed by atoms with Gasteiger partial charge in [-0.2, -0.15) is 0 Å². The topological polar surface area (TPSA) is 75.4 Å². The van der Waals surface area contributed by atoms with E-state index in [-0.39, 0.29) is 30.2 Å². The van der Waals surface area contributed by atoms with E-state index in [1.54, 1.807) is 44.4 Å². The van der Waals surface area contributed by atoms with Crippen molar-refractivity contribution in [2.45, 2.75) is 24.8 Å². The quantitative estimate of drug-likeness (QED) is 0.747. The lowest BCUT2D eigenvalue weighted by molar-refractivity contribution is -0.113. The maximum atomic E-state index is 14.1. The largest absolute Gasteiger partial charge is 0.345 e. The second-order valence-corrected chi connectivity index (χ2v) is 7.46. The van der Waals surface area contributed by atoms with E-state index in [0.29, 0.717) is 22.9 Å². The second-order valence-electron chi connectivity index (χ2n) is 7.46. The van der Waals surface area contributed by atoms with Crippen molar-refractivity contribution in [2.24, 2.45) is 5.73 Å². The number of hydrogen-bond donors (Lipinski definition) is 2. The average molecular weight is 417 g/mol. The number of rotatable bonds is 4. The lowest BCUT2D eigenvalue weighted by atomic mass is 9.80. The second kappa shape index (κ2) is 8.71. The van der Waals surface area contributed by atoms with Crippen LogP contribution in [-0.2, 0) is 4.79 Å². The molecule has 30 heavy (non-hydrogen) atoms. The number of nitrogens with zero attached hydrogens (tertiary/aromatic N) is 1. The Kier molecular flexibility index (Phi) is 6.26. The summed E-state index contributed by atoms with van der Waals surface area (Å²) in [6, 6.07) is 7.23. The van der Waals surface area contributed by atoms with E-state index in [1.165, 1.54) is 4.90 Å². The SMILES string of the molecule is CN(C)C(=O)c1cccc(NC(=O)C2=CC[C@@H](c3cc(F)c(F)cc3F)[C@H](N)C2)c1. The van der Waals surface area contributed by atoms with E-state index in [0.717, 1.165) is 6.07 Å². The molecule has 3 rings (SSSR count). The normalized spacial score (nSPS) is 18.5. The fourth-order valence-corrected chi connectivity index (χ4v) is 3.49. The summed E-state index contributed by atoms with van der Waals surface area (Å²) in [7, 11) is 3.27. The Morgan fingerprint density at radius 1 is 1.07 bits per heavy atom. The standard InChI is InChI=1S/C22H22F3N3O2/c1-28(2)22(30)13-4-3-5-14(8-13)27-21(29)12-6-7-15(20(26)9-12)16-10-18(24)19(25)11-17(16)23/h3-6,8,10-11,15,20H,7,9,26H2,1-2H3,(H,27,29)/t15-,20+/m0/s1. The van der Waals surface area contributed by atoms with Gasteiger partial charge in [-0.1, -0.05) is 12.1 Å². The van der Waals surface area contributed by atoms with Crippen LogP contribution in [0.4, 0.5) is 18.9 Å². The number of hydrogen-bond acceptors (Lipinski definition) is 3. The van der Waals surface area contributed by atoms with Gasteiger partial charge < -0.3 is 16.0 Å². The lowest BCUT2D eigenvalue weighted by Crippen LogP contribution is -2.34. The molecule has 0 bridgehead atoms. The van der Waals surface area contributed by atoms with E-state index in [4.69, 9.17) is 5.73 Å². The molecule has 0 aliphatic heterocycles. The monoisotopic (exact) mass is 417 g/mol. The molecule has 0 unspecified atom stereocenters. The van der Waals surface area contributed by atoms with Crippen LogP contribution in [0.3, 0.4) is 0 Å². The van der Waals surface area contributed by atoms with Gasteiger partial charge in [-0.25, -0.2) is 13.2 Å². The average Bonchev–Trinajstić information content (AvgIpc) is 2.70. The molecule has 1 aliphatic rings. The molecule has 0 radical (unpaired) electrons. The zero-order valence-electron chi connectivity index (χ0n) is 16.6. The number of anilines is 1. The van der Waals surface area contributed by atoms with Crippen LogP contribution in [0.5, 0.6) is 0 Å². The molecule has 0 saturated carbocycles. The number of nitrogens with two attached hydrogens (primary N) is 1. The first-order valence-corrected chi connectivity index (χ1v) is 9.39. The minimum Gasteiger partial charge on any atom is -0.345 e. The molecular weight excluding hydrogens is 395 g/mol. The highest BCUT2D eigenvalue weighted by molar-refractivity contribution is 6.04. The fourth-order valence-electron chi connectivity index (χ4n) is 3.49. The highest BCUT2D eigenvalue weighted by Gasteiger charge is 2.29. The number of halogens is 3. The van der Waals surface area contributed by atoms with Gasteiger partial charge in [-0.05, 0) is 42.7 Å². The Hall–Kier alpha value is -3.13. The van der Waals surface area contributed by atoms with Crippen LogP contribution >= 0.6 is 0 Å².